The van der Waals surface area contributed by atoms with E-state index in [4.69, 9.17) is 37.1 Å². The molecule has 0 aliphatic rings. The first-order chi connectivity index (χ1) is 16.6. The summed E-state index contributed by atoms with van der Waals surface area (Å²) >= 11 is 12.9. The number of hydrogen-bond acceptors (Lipinski definition) is 5. The molecule has 0 bridgehead atoms. The molecule has 3 aromatic carbocycles. The lowest BCUT2D eigenvalue weighted by Gasteiger charge is -2.21. The van der Waals surface area contributed by atoms with Crippen molar-refractivity contribution >= 4 is 51.1 Å². The fraction of sp³-hybridized carbons (Fsp3) is 0.111. The number of nitrogens with zero attached hydrogens (tertiary/aromatic N) is 1. The molecule has 34 heavy (non-hydrogen) atoms. The predicted molar refractivity (Wildman–Crippen MR) is 133 cm³/mol. The van der Waals surface area contributed by atoms with Gasteiger partial charge < -0.3 is 13.9 Å². The highest BCUT2D eigenvalue weighted by Crippen LogP contribution is 2.41. The van der Waals surface area contributed by atoms with Crippen molar-refractivity contribution in [1.29, 1.82) is 0 Å². The Balaban J connectivity index is 1.69. The maximum absolute atomic E-state index is 13.1. The zero-order valence-electron chi connectivity index (χ0n) is 18.1. The van der Waals surface area contributed by atoms with Crippen molar-refractivity contribution in [3.63, 3.8) is 0 Å². The van der Waals surface area contributed by atoms with Crippen LogP contribution in [-0.2, 0) is 11.2 Å². The number of esters is 1. The molecule has 2 heterocycles. The summed E-state index contributed by atoms with van der Waals surface area (Å²) in [6.45, 7) is 0. The topological polar surface area (TPSA) is 61.6 Å². The van der Waals surface area contributed by atoms with Gasteiger partial charge in [0.2, 0.25) is 0 Å². The number of carbonyl (C=O) groups excluding carboxylic acids is 1. The first-order valence-electron chi connectivity index (χ1n) is 10.6. The van der Waals surface area contributed by atoms with Gasteiger partial charge in [0.25, 0.3) is 0 Å². The Morgan fingerprint density at radius 1 is 0.971 bits per heavy atom. The minimum atomic E-state index is -0.709. The van der Waals surface area contributed by atoms with E-state index >= 15 is 0 Å². The summed E-state index contributed by atoms with van der Waals surface area (Å²) in [5, 5.41) is 2.49. The van der Waals surface area contributed by atoms with Crippen LogP contribution in [0.5, 0.6) is 5.75 Å². The smallest absolute Gasteiger partial charge is 0.338 e. The Morgan fingerprint density at radius 3 is 2.41 bits per heavy atom. The van der Waals surface area contributed by atoms with E-state index in [9.17, 15) is 4.79 Å². The molecule has 0 radical (unpaired) electrons. The molecule has 0 saturated carbocycles. The highest BCUT2D eigenvalue weighted by molar-refractivity contribution is 6.35. The van der Waals surface area contributed by atoms with Crippen molar-refractivity contribution < 1.29 is 18.7 Å². The Morgan fingerprint density at radius 2 is 1.68 bits per heavy atom. The molecule has 0 aliphatic carbocycles. The molecular weight excluding hydrogens is 473 g/mol. The molecule has 0 spiro atoms. The van der Waals surface area contributed by atoms with Gasteiger partial charge in [0.05, 0.1) is 22.7 Å². The lowest BCUT2D eigenvalue weighted by atomic mass is 9.96. The quantitative estimate of drug-likeness (QED) is 0.231. The number of hydrogen-bond donors (Lipinski definition) is 0. The van der Waals surface area contributed by atoms with Gasteiger partial charge in [-0.05, 0) is 29.8 Å². The SMILES string of the molecule is COc1ccc(C(Cc2c(Cl)cncc2Cl)OC(=O)c2ccccc2)c2c1oc1ccccc12. The molecule has 5 rings (SSSR count). The Hall–Kier alpha value is -3.54. The average molecular weight is 492 g/mol. The maximum Gasteiger partial charge on any atom is 0.338 e. The standard InChI is InChI=1S/C27H19Cl2NO4/c1-32-23-12-11-18(25-17-9-5-6-10-22(17)33-26(23)25)24(13-19-20(28)14-30-15-21(19)29)34-27(31)16-7-3-2-4-8-16/h2-12,14-15,24H,13H2,1H3. The Kier molecular flexibility index (Phi) is 6.14. The molecule has 0 N–H and O–H groups in total. The van der Waals surface area contributed by atoms with E-state index in [0.717, 1.165) is 16.3 Å². The largest absolute Gasteiger partial charge is 0.493 e. The molecule has 170 valence electrons. The average Bonchev–Trinajstić information content (AvgIpc) is 3.25. The minimum Gasteiger partial charge on any atom is -0.493 e. The zero-order valence-corrected chi connectivity index (χ0v) is 19.6. The molecule has 0 amide bonds. The predicted octanol–water partition coefficient (Wildman–Crippen LogP) is 7.44. The van der Waals surface area contributed by atoms with Gasteiger partial charge in [-0.3, -0.25) is 4.98 Å². The number of halogens is 2. The fourth-order valence-corrected chi connectivity index (χ4v) is 4.58. The Bertz CT molecular complexity index is 1480. The fourth-order valence-electron chi connectivity index (χ4n) is 4.06. The van der Waals surface area contributed by atoms with Gasteiger partial charge in [0.15, 0.2) is 11.3 Å². The number of carbonyl (C=O) groups is 1. The number of rotatable bonds is 6. The van der Waals surface area contributed by atoms with E-state index in [1.54, 1.807) is 37.4 Å². The monoisotopic (exact) mass is 491 g/mol. The van der Waals surface area contributed by atoms with Crippen LogP contribution >= 0.6 is 23.2 Å². The number of methoxy groups -OCH3 is 1. The minimum absolute atomic E-state index is 0.250. The van der Waals surface area contributed by atoms with Gasteiger partial charge in [0, 0.05) is 35.2 Å². The highest BCUT2D eigenvalue weighted by atomic mass is 35.5. The maximum atomic E-state index is 13.1. The van der Waals surface area contributed by atoms with E-state index in [-0.39, 0.29) is 6.42 Å². The van der Waals surface area contributed by atoms with Gasteiger partial charge in [-0.2, -0.15) is 0 Å². The van der Waals surface area contributed by atoms with Crippen LogP contribution in [0.2, 0.25) is 10.0 Å². The summed E-state index contributed by atoms with van der Waals surface area (Å²) in [5.41, 5.74) is 3.13. The summed E-state index contributed by atoms with van der Waals surface area (Å²) < 4.78 is 17.7. The van der Waals surface area contributed by atoms with Crippen molar-refractivity contribution in [2.24, 2.45) is 0 Å². The van der Waals surface area contributed by atoms with Crippen molar-refractivity contribution in [3.05, 3.63) is 106 Å². The highest BCUT2D eigenvalue weighted by Gasteiger charge is 2.26. The van der Waals surface area contributed by atoms with E-state index in [0.29, 0.717) is 38.1 Å². The lowest BCUT2D eigenvalue weighted by Crippen LogP contribution is -2.15. The van der Waals surface area contributed by atoms with E-state index in [1.807, 2.05) is 36.4 Å². The second-order valence-electron chi connectivity index (χ2n) is 7.71. The Labute approximate surface area is 205 Å². The van der Waals surface area contributed by atoms with Crippen LogP contribution in [0.25, 0.3) is 21.9 Å². The molecule has 5 aromatic rings. The van der Waals surface area contributed by atoms with Crippen LogP contribution in [0.1, 0.15) is 27.6 Å². The second kappa shape index (κ2) is 9.37. The molecule has 0 saturated heterocycles. The molecular formula is C27H19Cl2NO4. The van der Waals surface area contributed by atoms with Crippen LogP contribution in [0.15, 0.2) is 83.5 Å². The normalized spacial score (nSPS) is 12.1. The number of aromatic nitrogens is 1. The molecule has 7 heteroatoms. The van der Waals surface area contributed by atoms with Crippen LogP contribution in [0, 0.1) is 0 Å². The van der Waals surface area contributed by atoms with Crippen LogP contribution < -0.4 is 4.74 Å². The third kappa shape index (κ3) is 4.09. The van der Waals surface area contributed by atoms with Crippen LogP contribution in [0.4, 0.5) is 0 Å². The summed E-state index contributed by atoms with van der Waals surface area (Å²) in [5.74, 6) is 0.131. The molecule has 1 atom stereocenters. The number of para-hydroxylation sites is 1. The second-order valence-corrected chi connectivity index (χ2v) is 8.52. The van der Waals surface area contributed by atoms with Crippen molar-refractivity contribution in [3.8, 4) is 5.75 Å². The number of furan rings is 1. The number of fused-ring (bicyclic) bond motifs is 3. The summed E-state index contributed by atoms with van der Waals surface area (Å²) in [4.78, 5) is 17.1. The van der Waals surface area contributed by atoms with Crippen molar-refractivity contribution in [1.82, 2.24) is 4.98 Å². The molecule has 5 nitrogen and oxygen atoms in total. The number of benzene rings is 3. The third-order valence-electron chi connectivity index (χ3n) is 5.69. The number of pyridine rings is 1. The van der Waals surface area contributed by atoms with Crippen LogP contribution in [-0.4, -0.2) is 18.1 Å². The molecule has 1 unspecified atom stereocenters. The molecule has 2 aromatic heterocycles. The third-order valence-corrected chi connectivity index (χ3v) is 6.34. The van der Waals surface area contributed by atoms with Gasteiger partial charge in [-0.25, -0.2) is 4.79 Å². The first kappa shape index (κ1) is 22.3. The van der Waals surface area contributed by atoms with Crippen molar-refractivity contribution in [2.45, 2.75) is 12.5 Å². The van der Waals surface area contributed by atoms with Gasteiger partial charge >= 0.3 is 5.97 Å². The first-order valence-corrected chi connectivity index (χ1v) is 11.3. The van der Waals surface area contributed by atoms with E-state index in [2.05, 4.69) is 4.98 Å². The van der Waals surface area contributed by atoms with Crippen LogP contribution in [0.3, 0.4) is 0 Å². The summed E-state index contributed by atoms with van der Waals surface area (Å²) in [6.07, 6.45) is 2.59. The van der Waals surface area contributed by atoms with E-state index < -0.39 is 12.1 Å². The van der Waals surface area contributed by atoms with E-state index in [1.165, 1.54) is 12.4 Å². The van der Waals surface area contributed by atoms with Gasteiger partial charge in [-0.1, -0.05) is 65.7 Å². The summed E-state index contributed by atoms with van der Waals surface area (Å²) in [7, 11) is 1.59. The summed E-state index contributed by atoms with van der Waals surface area (Å²) in [6, 6.07) is 20.2. The number of ether oxygens (including phenoxy) is 2. The van der Waals surface area contributed by atoms with Gasteiger partial charge in [-0.15, -0.1) is 0 Å². The molecule has 0 aliphatic heterocycles. The lowest BCUT2D eigenvalue weighted by molar-refractivity contribution is 0.0301. The van der Waals surface area contributed by atoms with Gasteiger partial charge in [0.1, 0.15) is 11.7 Å². The zero-order chi connectivity index (χ0) is 23.7. The molecule has 0 fully saturated rings. The van der Waals surface area contributed by atoms with Crippen molar-refractivity contribution in [2.75, 3.05) is 7.11 Å².